The Labute approximate surface area is 148 Å². The fourth-order valence-electron chi connectivity index (χ4n) is 7.81. The third-order valence-corrected chi connectivity index (χ3v) is 8.94. The van der Waals surface area contributed by atoms with Crippen LogP contribution in [-0.4, -0.2) is 38.3 Å². The molecule has 7 atom stereocenters. The van der Waals surface area contributed by atoms with Crippen molar-refractivity contribution >= 4 is 11.8 Å². The molecule has 2 bridgehead atoms. The number of ketones is 1. The summed E-state index contributed by atoms with van der Waals surface area (Å²) >= 11 is 0. The van der Waals surface area contributed by atoms with Gasteiger partial charge in [0.1, 0.15) is 11.0 Å². The van der Waals surface area contributed by atoms with E-state index >= 15 is 0 Å². The minimum absolute atomic E-state index is 0.0897. The highest BCUT2D eigenvalue weighted by atomic mass is 16.4. The van der Waals surface area contributed by atoms with Gasteiger partial charge in [-0.25, -0.2) is 0 Å². The van der Waals surface area contributed by atoms with E-state index in [-0.39, 0.29) is 29.5 Å². The van der Waals surface area contributed by atoms with E-state index in [9.17, 15) is 24.9 Å². The lowest BCUT2D eigenvalue weighted by Crippen LogP contribution is -2.74. The van der Waals surface area contributed by atoms with Gasteiger partial charge in [-0.3, -0.25) is 9.59 Å². The second-order valence-corrected chi connectivity index (χ2v) is 10.1. The van der Waals surface area contributed by atoms with Crippen LogP contribution in [0.25, 0.3) is 0 Å². The third kappa shape index (κ3) is 1.77. The highest BCUT2D eigenvalue weighted by Gasteiger charge is 2.76. The van der Waals surface area contributed by atoms with E-state index in [2.05, 4.69) is 0 Å². The molecule has 4 aliphatic carbocycles. The van der Waals surface area contributed by atoms with Crippen LogP contribution in [0.2, 0.25) is 0 Å². The molecule has 0 aromatic rings. The lowest BCUT2D eigenvalue weighted by atomic mass is 9.38. The molecule has 0 aromatic heterocycles. The van der Waals surface area contributed by atoms with Crippen molar-refractivity contribution in [1.29, 1.82) is 0 Å². The number of fused-ring (bicyclic) bond motifs is 3. The highest BCUT2D eigenvalue weighted by molar-refractivity contribution is 5.96. The molecule has 0 aliphatic heterocycles. The third-order valence-electron chi connectivity index (χ3n) is 8.94. The second-order valence-electron chi connectivity index (χ2n) is 10.1. The Balaban J connectivity index is 1.87. The normalized spacial score (nSPS) is 57.7. The Kier molecular flexibility index (Phi) is 3.26. The van der Waals surface area contributed by atoms with Crippen LogP contribution in [0.3, 0.4) is 0 Å². The van der Waals surface area contributed by atoms with Gasteiger partial charge >= 0.3 is 5.97 Å². The number of aliphatic hydroxyl groups is 2. The largest absolute Gasteiger partial charge is 0.481 e. The zero-order valence-corrected chi connectivity index (χ0v) is 15.5. The predicted molar refractivity (Wildman–Crippen MR) is 90.8 cm³/mol. The van der Waals surface area contributed by atoms with Gasteiger partial charge in [-0.15, -0.1) is 0 Å². The average molecular weight is 350 g/mol. The van der Waals surface area contributed by atoms with Gasteiger partial charge in [0, 0.05) is 11.8 Å². The van der Waals surface area contributed by atoms with Gasteiger partial charge in [-0.1, -0.05) is 13.3 Å². The summed E-state index contributed by atoms with van der Waals surface area (Å²) in [6, 6.07) is 0. The Morgan fingerprint density at radius 2 is 1.80 bits per heavy atom. The van der Waals surface area contributed by atoms with Gasteiger partial charge in [0.05, 0.1) is 5.60 Å². The van der Waals surface area contributed by atoms with Crippen LogP contribution in [0.15, 0.2) is 0 Å². The van der Waals surface area contributed by atoms with E-state index < -0.39 is 28.0 Å². The number of hydrogen-bond donors (Lipinski definition) is 3. The molecule has 4 aliphatic rings. The minimum atomic E-state index is -1.82. The molecule has 0 radical (unpaired) electrons. The van der Waals surface area contributed by atoms with Gasteiger partial charge in [0.25, 0.3) is 0 Å². The molecule has 1 spiro atoms. The van der Waals surface area contributed by atoms with Crippen molar-refractivity contribution in [1.82, 2.24) is 0 Å². The first-order valence-electron chi connectivity index (χ1n) is 9.64. The number of carbonyl (C=O) groups is 2. The Morgan fingerprint density at radius 1 is 1.12 bits per heavy atom. The number of rotatable bonds is 1. The number of carboxylic acid groups (broad SMARTS) is 1. The molecule has 0 aromatic carbocycles. The average Bonchev–Trinajstić information content (AvgIpc) is 2.68. The summed E-state index contributed by atoms with van der Waals surface area (Å²) < 4.78 is 0. The molecule has 140 valence electrons. The minimum Gasteiger partial charge on any atom is -0.481 e. The molecule has 0 saturated heterocycles. The van der Waals surface area contributed by atoms with Crippen molar-refractivity contribution in [3.8, 4) is 0 Å². The maximum absolute atomic E-state index is 13.3. The molecule has 3 N–H and O–H groups in total. The lowest BCUT2D eigenvalue weighted by molar-refractivity contribution is -0.246. The molecule has 0 unspecified atom stereocenters. The molecule has 4 rings (SSSR count). The summed E-state index contributed by atoms with van der Waals surface area (Å²) in [5.41, 5.74) is -5.02. The molecule has 4 saturated carbocycles. The van der Waals surface area contributed by atoms with E-state index in [1.807, 2.05) is 13.8 Å². The molecule has 5 heteroatoms. The number of Topliss-reactive ketones (excluding diaryl/α,β-unsaturated/α-hetero) is 1. The smallest absolute Gasteiger partial charge is 0.312 e. The monoisotopic (exact) mass is 350 g/mol. The number of hydrogen-bond acceptors (Lipinski definition) is 4. The predicted octanol–water partition coefficient (Wildman–Crippen LogP) is 2.53. The van der Waals surface area contributed by atoms with Crippen molar-refractivity contribution in [3.05, 3.63) is 0 Å². The summed E-state index contributed by atoms with van der Waals surface area (Å²) in [5, 5.41) is 32.5. The summed E-state index contributed by atoms with van der Waals surface area (Å²) in [4.78, 5) is 25.4. The fourth-order valence-corrected chi connectivity index (χ4v) is 7.81. The van der Waals surface area contributed by atoms with Gasteiger partial charge < -0.3 is 15.3 Å². The van der Waals surface area contributed by atoms with Gasteiger partial charge in [-0.2, -0.15) is 0 Å². The summed E-state index contributed by atoms with van der Waals surface area (Å²) in [7, 11) is 0. The van der Waals surface area contributed by atoms with Gasteiger partial charge in [0.2, 0.25) is 0 Å². The van der Waals surface area contributed by atoms with E-state index in [0.29, 0.717) is 25.7 Å². The van der Waals surface area contributed by atoms with Crippen LogP contribution in [0.4, 0.5) is 0 Å². The molecular formula is C20H30O5. The SMILES string of the molecule is C[C@@]1(C(=O)O)CCC[C@@]2(C)[C@@H]3CC[C@@H]4C[C@@]3(CC(=O)[C@]12O)C[C@@]4(C)O. The first-order chi connectivity index (χ1) is 11.4. The molecular weight excluding hydrogens is 320 g/mol. The highest BCUT2D eigenvalue weighted by Crippen LogP contribution is 2.73. The molecule has 25 heavy (non-hydrogen) atoms. The zero-order chi connectivity index (χ0) is 18.5. The van der Waals surface area contributed by atoms with Crippen LogP contribution in [0, 0.1) is 28.1 Å². The molecule has 4 fully saturated rings. The van der Waals surface area contributed by atoms with Crippen LogP contribution < -0.4 is 0 Å². The van der Waals surface area contributed by atoms with Crippen LogP contribution >= 0.6 is 0 Å². The van der Waals surface area contributed by atoms with Crippen LogP contribution in [0.5, 0.6) is 0 Å². The Bertz CT molecular complexity index is 656. The topological polar surface area (TPSA) is 94.8 Å². The first kappa shape index (κ1) is 17.5. The van der Waals surface area contributed by atoms with Crippen LogP contribution in [0.1, 0.15) is 72.1 Å². The zero-order valence-electron chi connectivity index (χ0n) is 15.5. The van der Waals surface area contributed by atoms with Crippen molar-refractivity contribution in [2.45, 2.75) is 83.3 Å². The molecule has 0 heterocycles. The maximum atomic E-state index is 13.3. The van der Waals surface area contributed by atoms with Crippen molar-refractivity contribution in [2.75, 3.05) is 0 Å². The van der Waals surface area contributed by atoms with E-state index in [1.165, 1.54) is 0 Å². The second kappa shape index (κ2) is 4.66. The Morgan fingerprint density at radius 3 is 2.44 bits per heavy atom. The maximum Gasteiger partial charge on any atom is 0.312 e. The van der Waals surface area contributed by atoms with Crippen molar-refractivity contribution in [2.24, 2.45) is 28.1 Å². The van der Waals surface area contributed by atoms with Crippen LogP contribution in [-0.2, 0) is 9.59 Å². The van der Waals surface area contributed by atoms with Crippen molar-refractivity contribution in [3.63, 3.8) is 0 Å². The van der Waals surface area contributed by atoms with E-state index in [4.69, 9.17) is 0 Å². The number of carboxylic acids is 1. The Hall–Kier alpha value is -0.940. The van der Waals surface area contributed by atoms with E-state index in [1.54, 1.807) is 6.92 Å². The molecule has 5 nitrogen and oxygen atoms in total. The van der Waals surface area contributed by atoms with Gasteiger partial charge in [0.15, 0.2) is 5.78 Å². The molecule has 0 amide bonds. The van der Waals surface area contributed by atoms with Crippen molar-refractivity contribution < 1.29 is 24.9 Å². The fraction of sp³-hybridized carbons (Fsp3) is 0.900. The van der Waals surface area contributed by atoms with E-state index in [0.717, 1.165) is 19.3 Å². The lowest BCUT2D eigenvalue weighted by Gasteiger charge is -2.66. The summed E-state index contributed by atoms with van der Waals surface area (Å²) in [6.07, 6.45) is 5.10. The quantitative estimate of drug-likeness (QED) is 0.675. The summed E-state index contributed by atoms with van der Waals surface area (Å²) in [6.45, 7) is 5.38. The summed E-state index contributed by atoms with van der Waals surface area (Å²) in [5.74, 6) is -1.08. The number of carbonyl (C=O) groups excluding carboxylic acids is 1. The number of aliphatic carboxylic acids is 1. The standard InChI is InChI=1S/C20H30O5/c1-16-7-4-8-17(2,15(22)23)20(16,25)14(21)10-19-9-12(5-6-13(16)19)18(3,24)11-19/h12-13,24-25H,4-11H2,1-3H3,(H,22,23)/t12-,13+,16+,17+,18-,19-,20-/m1/s1. The first-order valence-corrected chi connectivity index (χ1v) is 9.64. The van der Waals surface area contributed by atoms with Gasteiger partial charge in [-0.05, 0) is 69.6 Å².